The Hall–Kier alpha value is -0.210. The molecule has 0 aliphatic carbocycles. The van der Waals surface area contributed by atoms with Crippen molar-refractivity contribution in [1.29, 1.82) is 0 Å². The zero-order valence-corrected chi connectivity index (χ0v) is 11.9. The van der Waals surface area contributed by atoms with Crippen LogP contribution in [0.25, 0.3) is 0 Å². The predicted molar refractivity (Wildman–Crippen MR) is 71.4 cm³/mol. The normalized spacial score (nSPS) is 20.6. The molecule has 0 bridgehead atoms. The highest BCUT2D eigenvalue weighted by Gasteiger charge is 2.25. The standard InChI is InChI=1S/C11H25N3O3S/c1-17-9-6-11(10-12)13-18(15,16)14-7-4-2-3-5-8-14/h11,13H,2-10,12H2,1H3. The Morgan fingerprint density at radius 3 is 2.39 bits per heavy atom. The molecule has 1 fully saturated rings. The first-order valence-corrected chi connectivity index (χ1v) is 8.00. The minimum atomic E-state index is -3.40. The Labute approximate surface area is 110 Å². The van der Waals surface area contributed by atoms with Gasteiger partial charge in [0.15, 0.2) is 0 Å². The molecule has 0 aromatic rings. The highest BCUT2D eigenvalue weighted by molar-refractivity contribution is 7.87. The second kappa shape index (κ2) is 8.06. The van der Waals surface area contributed by atoms with E-state index in [1.165, 1.54) is 4.31 Å². The van der Waals surface area contributed by atoms with Crippen molar-refractivity contribution in [1.82, 2.24) is 9.03 Å². The largest absolute Gasteiger partial charge is 0.385 e. The molecule has 7 heteroatoms. The Kier molecular flexibility index (Phi) is 7.10. The summed E-state index contributed by atoms with van der Waals surface area (Å²) in [7, 11) is -1.81. The van der Waals surface area contributed by atoms with Crippen molar-refractivity contribution in [2.75, 3.05) is 33.4 Å². The van der Waals surface area contributed by atoms with Gasteiger partial charge >= 0.3 is 0 Å². The second-order valence-electron chi connectivity index (χ2n) is 4.65. The molecule has 1 saturated heterocycles. The first kappa shape index (κ1) is 15.8. The van der Waals surface area contributed by atoms with Crippen LogP contribution in [0, 0.1) is 0 Å². The quantitative estimate of drug-likeness (QED) is 0.690. The molecule has 1 aliphatic rings. The molecular weight excluding hydrogens is 254 g/mol. The number of rotatable bonds is 7. The summed E-state index contributed by atoms with van der Waals surface area (Å²) in [5, 5.41) is 0. The second-order valence-corrected chi connectivity index (χ2v) is 6.35. The SMILES string of the molecule is COCCC(CN)NS(=O)(=O)N1CCCCCC1. The van der Waals surface area contributed by atoms with Crippen LogP contribution >= 0.6 is 0 Å². The third-order valence-electron chi connectivity index (χ3n) is 3.18. The minimum absolute atomic E-state index is 0.252. The van der Waals surface area contributed by atoms with Crippen molar-refractivity contribution in [2.45, 2.75) is 38.1 Å². The third kappa shape index (κ3) is 5.19. The van der Waals surface area contributed by atoms with Gasteiger partial charge in [0.2, 0.25) is 0 Å². The van der Waals surface area contributed by atoms with Gasteiger partial charge in [0.25, 0.3) is 10.2 Å². The van der Waals surface area contributed by atoms with Gasteiger partial charge in [0.05, 0.1) is 0 Å². The van der Waals surface area contributed by atoms with E-state index in [-0.39, 0.29) is 12.6 Å². The molecule has 1 aliphatic heterocycles. The van der Waals surface area contributed by atoms with Crippen molar-refractivity contribution >= 4 is 10.2 Å². The van der Waals surface area contributed by atoms with Crippen molar-refractivity contribution in [3.63, 3.8) is 0 Å². The van der Waals surface area contributed by atoms with E-state index in [9.17, 15) is 8.42 Å². The number of ether oxygens (including phenoxy) is 1. The smallest absolute Gasteiger partial charge is 0.279 e. The number of nitrogens with zero attached hydrogens (tertiary/aromatic N) is 1. The van der Waals surface area contributed by atoms with E-state index in [0.29, 0.717) is 26.1 Å². The van der Waals surface area contributed by atoms with Crippen molar-refractivity contribution in [3.8, 4) is 0 Å². The third-order valence-corrected chi connectivity index (χ3v) is 4.85. The van der Waals surface area contributed by atoms with E-state index in [1.54, 1.807) is 7.11 Å². The number of nitrogens with two attached hydrogens (primary N) is 1. The molecule has 1 heterocycles. The van der Waals surface area contributed by atoms with Gasteiger partial charge in [-0.3, -0.25) is 0 Å². The number of nitrogens with one attached hydrogen (secondary N) is 1. The molecule has 1 unspecified atom stereocenters. The fourth-order valence-corrected chi connectivity index (χ4v) is 3.58. The molecule has 0 radical (unpaired) electrons. The Morgan fingerprint density at radius 1 is 1.28 bits per heavy atom. The highest BCUT2D eigenvalue weighted by Crippen LogP contribution is 2.12. The number of hydrogen-bond acceptors (Lipinski definition) is 4. The molecule has 3 N–H and O–H groups in total. The molecule has 1 atom stereocenters. The summed E-state index contributed by atoms with van der Waals surface area (Å²) in [5.41, 5.74) is 5.58. The average molecular weight is 279 g/mol. The zero-order valence-electron chi connectivity index (χ0n) is 11.1. The lowest BCUT2D eigenvalue weighted by atomic mass is 10.2. The van der Waals surface area contributed by atoms with Crippen LogP contribution in [0.2, 0.25) is 0 Å². The minimum Gasteiger partial charge on any atom is -0.385 e. The summed E-state index contributed by atoms with van der Waals surface area (Å²) < 4.78 is 33.5. The van der Waals surface area contributed by atoms with Gasteiger partial charge in [-0.25, -0.2) is 0 Å². The molecule has 0 aromatic heterocycles. The summed E-state index contributed by atoms with van der Waals surface area (Å²) in [5.74, 6) is 0. The summed E-state index contributed by atoms with van der Waals surface area (Å²) in [6, 6.07) is -0.252. The van der Waals surface area contributed by atoms with Gasteiger partial charge in [-0.1, -0.05) is 12.8 Å². The highest BCUT2D eigenvalue weighted by atomic mass is 32.2. The summed E-state index contributed by atoms with van der Waals surface area (Å²) in [6.45, 7) is 2.01. The molecule has 0 spiro atoms. The van der Waals surface area contributed by atoms with Gasteiger partial charge in [0.1, 0.15) is 0 Å². The summed E-state index contributed by atoms with van der Waals surface area (Å²) in [6.07, 6.45) is 4.69. The summed E-state index contributed by atoms with van der Waals surface area (Å²) in [4.78, 5) is 0. The van der Waals surface area contributed by atoms with Crippen LogP contribution in [-0.4, -0.2) is 52.1 Å². The lowest BCUT2D eigenvalue weighted by molar-refractivity contribution is 0.186. The van der Waals surface area contributed by atoms with Gasteiger partial charge in [-0.05, 0) is 19.3 Å². The molecule has 1 rings (SSSR count). The van der Waals surface area contributed by atoms with Crippen LogP contribution in [0.3, 0.4) is 0 Å². The Bertz CT molecular complexity index is 313. The van der Waals surface area contributed by atoms with Crippen LogP contribution in [0.1, 0.15) is 32.1 Å². The van der Waals surface area contributed by atoms with Crippen LogP contribution in [0.15, 0.2) is 0 Å². The monoisotopic (exact) mass is 279 g/mol. The Morgan fingerprint density at radius 2 is 1.89 bits per heavy atom. The van der Waals surface area contributed by atoms with Crippen molar-refractivity contribution < 1.29 is 13.2 Å². The van der Waals surface area contributed by atoms with E-state index in [0.717, 1.165) is 25.7 Å². The molecular formula is C11H25N3O3S. The average Bonchev–Trinajstić information content (AvgIpc) is 2.63. The van der Waals surface area contributed by atoms with E-state index >= 15 is 0 Å². The fraction of sp³-hybridized carbons (Fsp3) is 1.00. The topological polar surface area (TPSA) is 84.7 Å². The Balaban J connectivity index is 2.55. The first-order chi connectivity index (χ1) is 8.60. The van der Waals surface area contributed by atoms with Gasteiger partial charge in [-0.2, -0.15) is 17.4 Å². The first-order valence-electron chi connectivity index (χ1n) is 6.56. The molecule has 0 saturated carbocycles. The lowest BCUT2D eigenvalue weighted by Crippen LogP contribution is -2.48. The van der Waals surface area contributed by atoms with Crippen LogP contribution in [0.4, 0.5) is 0 Å². The summed E-state index contributed by atoms with van der Waals surface area (Å²) >= 11 is 0. The van der Waals surface area contributed by atoms with Gasteiger partial charge in [0, 0.05) is 39.4 Å². The van der Waals surface area contributed by atoms with E-state index in [2.05, 4.69) is 4.72 Å². The van der Waals surface area contributed by atoms with Crippen LogP contribution in [0.5, 0.6) is 0 Å². The predicted octanol–water partition coefficient (Wildman–Crippen LogP) is 0.0606. The van der Waals surface area contributed by atoms with E-state index in [1.807, 2.05) is 0 Å². The molecule has 108 valence electrons. The van der Waals surface area contributed by atoms with Crippen LogP contribution in [-0.2, 0) is 14.9 Å². The maximum atomic E-state index is 12.2. The maximum Gasteiger partial charge on any atom is 0.279 e. The number of hydrogen-bond donors (Lipinski definition) is 2. The molecule has 0 amide bonds. The fourth-order valence-electron chi connectivity index (χ4n) is 2.05. The van der Waals surface area contributed by atoms with E-state index in [4.69, 9.17) is 10.5 Å². The molecule has 18 heavy (non-hydrogen) atoms. The van der Waals surface area contributed by atoms with Crippen molar-refractivity contribution in [3.05, 3.63) is 0 Å². The van der Waals surface area contributed by atoms with Crippen molar-refractivity contribution in [2.24, 2.45) is 5.73 Å². The molecule has 6 nitrogen and oxygen atoms in total. The maximum absolute atomic E-state index is 12.2. The van der Waals surface area contributed by atoms with E-state index < -0.39 is 10.2 Å². The number of methoxy groups -OCH3 is 1. The van der Waals surface area contributed by atoms with Gasteiger partial charge in [-0.15, -0.1) is 0 Å². The molecule has 0 aromatic carbocycles. The lowest BCUT2D eigenvalue weighted by Gasteiger charge is -2.24. The zero-order chi connectivity index (χ0) is 13.4. The van der Waals surface area contributed by atoms with Crippen LogP contribution < -0.4 is 10.5 Å². The van der Waals surface area contributed by atoms with Gasteiger partial charge < -0.3 is 10.5 Å².